The number of nitrogens with one attached hydrogen (secondary N) is 3. The van der Waals surface area contributed by atoms with E-state index in [9.17, 15) is 14.7 Å². The van der Waals surface area contributed by atoms with Crippen LogP contribution in [0.2, 0.25) is 0 Å². The second-order valence-electron chi connectivity index (χ2n) is 6.99. The number of methoxy groups -OCH3 is 1. The Hall–Kier alpha value is -4.34. The van der Waals surface area contributed by atoms with E-state index in [2.05, 4.69) is 25.8 Å². The van der Waals surface area contributed by atoms with E-state index in [0.29, 0.717) is 17.1 Å². The van der Waals surface area contributed by atoms with Gasteiger partial charge in [-0.3, -0.25) is 0 Å². The monoisotopic (exact) mass is 435 g/mol. The smallest absolute Gasteiger partial charge is 0.326 e. The summed E-state index contributed by atoms with van der Waals surface area (Å²) in [5.41, 5.74) is 2.35. The molecule has 10 nitrogen and oxygen atoms in total. The summed E-state index contributed by atoms with van der Waals surface area (Å²) in [6.07, 6.45) is 1.88. The number of carboxylic acid groups (broad SMARTS) is 1. The van der Waals surface area contributed by atoms with E-state index >= 15 is 0 Å². The number of carbonyl (C=O) groups is 2. The van der Waals surface area contributed by atoms with E-state index in [1.807, 2.05) is 36.4 Å². The van der Waals surface area contributed by atoms with Crippen molar-refractivity contribution >= 4 is 22.9 Å². The minimum absolute atomic E-state index is 0.0621. The van der Waals surface area contributed by atoms with Crippen molar-refractivity contribution in [1.29, 1.82) is 0 Å². The number of aromatic amines is 1. The second kappa shape index (κ2) is 9.21. The summed E-state index contributed by atoms with van der Waals surface area (Å²) in [6, 6.07) is 13.0. The molecule has 10 heteroatoms. The summed E-state index contributed by atoms with van der Waals surface area (Å²) < 4.78 is 10.5. The molecule has 4 rings (SSSR count). The number of H-pyrrole nitrogens is 1. The van der Waals surface area contributed by atoms with Crippen LogP contribution in [0.1, 0.15) is 11.5 Å². The van der Waals surface area contributed by atoms with Crippen molar-refractivity contribution in [3.63, 3.8) is 0 Å². The number of amides is 2. The van der Waals surface area contributed by atoms with E-state index in [1.54, 1.807) is 25.4 Å². The maximum absolute atomic E-state index is 12.3. The first-order valence-corrected chi connectivity index (χ1v) is 9.83. The lowest BCUT2D eigenvalue weighted by molar-refractivity contribution is -0.139. The Bertz CT molecular complexity index is 1250. The predicted octanol–water partition coefficient (Wildman–Crippen LogP) is 2.72. The molecule has 0 spiro atoms. The van der Waals surface area contributed by atoms with Gasteiger partial charge in [0.25, 0.3) is 0 Å². The Kier molecular flexibility index (Phi) is 6.02. The number of urea groups is 1. The molecule has 0 bridgehead atoms. The summed E-state index contributed by atoms with van der Waals surface area (Å²) in [4.78, 5) is 31.3. The number of hydrogen-bond donors (Lipinski definition) is 4. The Morgan fingerprint density at radius 2 is 1.97 bits per heavy atom. The fraction of sp³-hybridized carbons (Fsp3) is 0.182. The van der Waals surface area contributed by atoms with Crippen molar-refractivity contribution in [1.82, 2.24) is 25.8 Å². The number of ether oxygens (including phenoxy) is 1. The maximum atomic E-state index is 12.3. The van der Waals surface area contributed by atoms with Gasteiger partial charge in [-0.25, -0.2) is 9.59 Å². The topological polar surface area (TPSA) is 142 Å². The molecule has 0 aliphatic rings. The van der Waals surface area contributed by atoms with Crippen LogP contribution in [-0.2, 0) is 17.8 Å². The summed E-state index contributed by atoms with van der Waals surface area (Å²) in [6.45, 7) is -0.0621. The molecule has 0 saturated heterocycles. The van der Waals surface area contributed by atoms with Crippen LogP contribution in [0.25, 0.3) is 22.3 Å². The molecule has 2 aromatic carbocycles. The number of hydrogen-bond acceptors (Lipinski definition) is 6. The van der Waals surface area contributed by atoms with Crippen molar-refractivity contribution in [2.75, 3.05) is 7.11 Å². The molecule has 32 heavy (non-hydrogen) atoms. The van der Waals surface area contributed by atoms with Gasteiger partial charge in [-0.1, -0.05) is 35.5 Å². The summed E-state index contributed by atoms with van der Waals surface area (Å²) in [5, 5.41) is 19.4. The number of aromatic nitrogens is 3. The van der Waals surface area contributed by atoms with Gasteiger partial charge in [0.05, 0.1) is 19.2 Å². The van der Waals surface area contributed by atoms with E-state index in [0.717, 1.165) is 16.5 Å². The molecule has 2 heterocycles. The Labute approximate surface area is 182 Å². The van der Waals surface area contributed by atoms with Gasteiger partial charge in [0, 0.05) is 23.5 Å². The zero-order valence-corrected chi connectivity index (χ0v) is 17.2. The number of aliphatic carboxylic acids is 1. The molecular weight excluding hydrogens is 414 g/mol. The number of carboxylic acids is 1. The molecule has 0 aliphatic heterocycles. The van der Waals surface area contributed by atoms with Crippen LogP contribution in [-0.4, -0.2) is 45.4 Å². The largest absolute Gasteiger partial charge is 0.496 e. The lowest BCUT2D eigenvalue weighted by Crippen LogP contribution is -2.46. The number of para-hydroxylation sites is 2. The minimum Gasteiger partial charge on any atom is -0.496 e. The number of rotatable bonds is 8. The van der Waals surface area contributed by atoms with Gasteiger partial charge in [-0.05, 0) is 23.8 Å². The van der Waals surface area contributed by atoms with E-state index in [4.69, 9.17) is 9.26 Å². The lowest BCUT2D eigenvalue weighted by Gasteiger charge is -2.14. The Morgan fingerprint density at radius 1 is 1.19 bits per heavy atom. The summed E-state index contributed by atoms with van der Waals surface area (Å²) in [7, 11) is 1.54. The number of fused-ring (bicyclic) bond motifs is 1. The summed E-state index contributed by atoms with van der Waals surface area (Å²) in [5.74, 6) is -0.0548. The van der Waals surface area contributed by atoms with Crippen LogP contribution in [0.4, 0.5) is 4.79 Å². The van der Waals surface area contributed by atoms with Crippen LogP contribution in [0.15, 0.2) is 59.3 Å². The molecule has 1 unspecified atom stereocenters. The highest BCUT2D eigenvalue weighted by atomic mass is 16.5. The third-order valence-electron chi connectivity index (χ3n) is 4.92. The van der Waals surface area contributed by atoms with E-state index < -0.39 is 18.0 Å². The van der Waals surface area contributed by atoms with Crippen LogP contribution in [0, 0.1) is 0 Å². The fourth-order valence-corrected chi connectivity index (χ4v) is 3.35. The maximum Gasteiger partial charge on any atom is 0.326 e. The lowest BCUT2D eigenvalue weighted by atomic mass is 10.1. The molecule has 4 N–H and O–H groups in total. The van der Waals surface area contributed by atoms with Gasteiger partial charge in [-0.15, -0.1) is 0 Å². The van der Waals surface area contributed by atoms with Gasteiger partial charge in [0.1, 0.15) is 11.8 Å². The molecule has 2 aromatic heterocycles. The second-order valence-corrected chi connectivity index (χ2v) is 6.99. The minimum atomic E-state index is -1.14. The average molecular weight is 435 g/mol. The van der Waals surface area contributed by atoms with Gasteiger partial charge in [-0.2, -0.15) is 4.98 Å². The summed E-state index contributed by atoms with van der Waals surface area (Å²) >= 11 is 0. The average Bonchev–Trinajstić information content (AvgIpc) is 3.44. The number of carbonyl (C=O) groups excluding carboxylic acids is 1. The van der Waals surface area contributed by atoms with Crippen molar-refractivity contribution in [3.05, 3.63) is 66.2 Å². The molecule has 0 aliphatic carbocycles. The van der Waals surface area contributed by atoms with Crippen LogP contribution >= 0.6 is 0 Å². The third-order valence-corrected chi connectivity index (χ3v) is 4.92. The molecular formula is C22H21N5O5. The standard InChI is InChI=1S/C22H21N5O5/c1-31-18-9-5-3-7-15(18)20-26-19(32-27-20)12-24-22(30)25-17(21(28)29)10-13-11-23-16-8-4-2-6-14(13)16/h2-9,11,17,23H,10,12H2,1H3,(H,28,29)(H2,24,25,30). The van der Waals surface area contributed by atoms with E-state index in [1.165, 1.54) is 0 Å². The highest BCUT2D eigenvalue weighted by Gasteiger charge is 2.22. The normalized spacial score (nSPS) is 11.8. The highest BCUT2D eigenvalue weighted by molar-refractivity contribution is 5.86. The molecule has 164 valence electrons. The molecule has 1 atom stereocenters. The van der Waals surface area contributed by atoms with Crippen molar-refractivity contribution in [3.8, 4) is 17.1 Å². The first-order valence-electron chi connectivity index (χ1n) is 9.83. The zero-order valence-electron chi connectivity index (χ0n) is 17.2. The molecule has 2 amide bonds. The first kappa shape index (κ1) is 20.9. The van der Waals surface area contributed by atoms with Gasteiger partial charge in [0.15, 0.2) is 0 Å². The van der Waals surface area contributed by atoms with E-state index in [-0.39, 0.29) is 18.9 Å². The van der Waals surface area contributed by atoms with Gasteiger partial charge in [0.2, 0.25) is 11.7 Å². The van der Waals surface area contributed by atoms with Crippen LogP contribution in [0.3, 0.4) is 0 Å². The molecule has 4 aromatic rings. The predicted molar refractivity (Wildman–Crippen MR) is 115 cm³/mol. The quantitative estimate of drug-likeness (QED) is 0.333. The van der Waals surface area contributed by atoms with Gasteiger partial charge >= 0.3 is 12.0 Å². The SMILES string of the molecule is COc1ccccc1-c1noc(CNC(=O)NC(Cc2c[nH]c3ccccc23)C(=O)O)n1. The molecule has 0 radical (unpaired) electrons. The fourth-order valence-electron chi connectivity index (χ4n) is 3.35. The Morgan fingerprint density at radius 3 is 2.78 bits per heavy atom. The first-order chi connectivity index (χ1) is 15.5. The third kappa shape index (κ3) is 4.53. The van der Waals surface area contributed by atoms with Crippen molar-refractivity contribution in [2.45, 2.75) is 19.0 Å². The number of nitrogens with zero attached hydrogens (tertiary/aromatic N) is 2. The van der Waals surface area contributed by atoms with Gasteiger partial charge < -0.3 is 30.0 Å². The Balaban J connectivity index is 1.37. The molecule has 0 saturated carbocycles. The van der Waals surface area contributed by atoms with Crippen molar-refractivity contribution < 1.29 is 24.0 Å². The van der Waals surface area contributed by atoms with Crippen LogP contribution in [0.5, 0.6) is 5.75 Å². The zero-order chi connectivity index (χ0) is 22.5. The highest BCUT2D eigenvalue weighted by Crippen LogP contribution is 2.27. The number of benzene rings is 2. The van der Waals surface area contributed by atoms with Crippen LogP contribution < -0.4 is 15.4 Å². The molecule has 0 fully saturated rings. The van der Waals surface area contributed by atoms with Crippen molar-refractivity contribution in [2.24, 2.45) is 0 Å².